The zero-order chi connectivity index (χ0) is 16.1. The third-order valence-electron chi connectivity index (χ3n) is 3.58. The number of hydrogen-bond donors (Lipinski definition) is 2. The minimum Gasteiger partial charge on any atom is -0.378 e. The number of hydrogen-bond acceptors (Lipinski definition) is 5. The Morgan fingerprint density at radius 3 is 2.52 bits per heavy atom. The molecule has 0 spiro atoms. The van der Waals surface area contributed by atoms with E-state index in [4.69, 9.17) is 4.74 Å². The molecule has 1 aliphatic heterocycles. The molecule has 1 aromatic heterocycles. The highest BCUT2D eigenvalue weighted by atomic mass is 16.5. The molecule has 0 bridgehead atoms. The molecule has 2 amide bonds. The fraction of sp³-hybridized carbons (Fsp3) is 0.312. The molecule has 2 aromatic rings. The summed E-state index contributed by atoms with van der Waals surface area (Å²) in [6, 6.07) is 7.28. The van der Waals surface area contributed by atoms with Crippen LogP contribution in [0.5, 0.6) is 0 Å². The van der Waals surface area contributed by atoms with Crippen molar-refractivity contribution in [3.8, 4) is 0 Å². The summed E-state index contributed by atoms with van der Waals surface area (Å²) in [5.41, 5.74) is 2.32. The van der Waals surface area contributed by atoms with E-state index in [2.05, 4.69) is 25.5 Å². The first kappa shape index (κ1) is 15.2. The van der Waals surface area contributed by atoms with Crippen molar-refractivity contribution in [3.63, 3.8) is 0 Å². The van der Waals surface area contributed by atoms with Crippen molar-refractivity contribution < 1.29 is 9.53 Å². The Bertz CT molecular complexity index is 668. The van der Waals surface area contributed by atoms with Crippen molar-refractivity contribution in [2.45, 2.75) is 6.92 Å². The van der Waals surface area contributed by atoms with Crippen LogP contribution in [0.3, 0.4) is 0 Å². The van der Waals surface area contributed by atoms with Crippen LogP contribution < -0.4 is 15.5 Å². The molecule has 1 aromatic carbocycles. The van der Waals surface area contributed by atoms with Crippen LogP contribution in [0.1, 0.15) is 5.56 Å². The number of carbonyl (C=O) groups is 1. The van der Waals surface area contributed by atoms with E-state index in [0.29, 0.717) is 24.8 Å². The number of aryl methyl sites for hydroxylation is 1. The summed E-state index contributed by atoms with van der Waals surface area (Å²) < 4.78 is 5.30. The number of benzene rings is 1. The maximum atomic E-state index is 12.0. The summed E-state index contributed by atoms with van der Waals surface area (Å²) in [7, 11) is 0. The van der Waals surface area contributed by atoms with E-state index in [-0.39, 0.29) is 6.03 Å². The molecule has 2 heterocycles. The highest BCUT2D eigenvalue weighted by Crippen LogP contribution is 2.15. The number of morpholine rings is 1. The van der Waals surface area contributed by atoms with Crippen LogP contribution in [0, 0.1) is 6.92 Å². The molecule has 0 unspecified atom stereocenters. The van der Waals surface area contributed by atoms with E-state index in [1.807, 2.05) is 31.2 Å². The molecule has 0 saturated carbocycles. The highest BCUT2D eigenvalue weighted by Gasteiger charge is 2.13. The zero-order valence-electron chi connectivity index (χ0n) is 13.0. The van der Waals surface area contributed by atoms with Gasteiger partial charge in [0.2, 0.25) is 5.95 Å². The maximum Gasteiger partial charge on any atom is 0.323 e. The summed E-state index contributed by atoms with van der Waals surface area (Å²) >= 11 is 0. The van der Waals surface area contributed by atoms with Gasteiger partial charge < -0.3 is 20.3 Å². The van der Waals surface area contributed by atoms with E-state index >= 15 is 0 Å². The van der Waals surface area contributed by atoms with Gasteiger partial charge in [-0.25, -0.2) is 14.8 Å². The molecular weight excluding hydrogens is 294 g/mol. The summed E-state index contributed by atoms with van der Waals surface area (Å²) in [5.74, 6) is 0.651. The molecule has 7 nitrogen and oxygen atoms in total. The molecule has 0 aliphatic carbocycles. The number of aromatic nitrogens is 2. The van der Waals surface area contributed by atoms with E-state index < -0.39 is 0 Å². The Hall–Kier alpha value is -2.67. The van der Waals surface area contributed by atoms with Crippen molar-refractivity contribution in [1.29, 1.82) is 0 Å². The number of anilines is 3. The van der Waals surface area contributed by atoms with Gasteiger partial charge in [-0.05, 0) is 18.6 Å². The third kappa shape index (κ3) is 3.95. The maximum absolute atomic E-state index is 12.0. The predicted molar refractivity (Wildman–Crippen MR) is 88.9 cm³/mol. The number of para-hydroxylation sites is 1. The average Bonchev–Trinajstić information content (AvgIpc) is 2.58. The van der Waals surface area contributed by atoms with E-state index in [1.165, 1.54) is 0 Å². The topological polar surface area (TPSA) is 79.4 Å². The minimum atomic E-state index is -0.318. The van der Waals surface area contributed by atoms with E-state index in [9.17, 15) is 4.79 Å². The summed E-state index contributed by atoms with van der Waals surface area (Å²) in [4.78, 5) is 22.7. The molecule has 23 heavy (non-hydrogen) atoms. The average molecular weight is 313 g/mol. The first-order valence-corrected chi connectivity index (χ1v) is 7.51. The van der Waals surface area contributed by atoms with Crippen LogP contribution in [0.4, 0.5) is 22.1 Å². The molecule has 1 fully saturated rings. The Kier molecular flexibility index (Phi) is 4.68. The van der Waals surface area contributed by atoms with Crippen LogP contribution in [0.2, 0.25) is 0 Å². The molecule has 3 rings (SSSR count). The number of rotatable bonds is 3. The van der Waals surface area contributed by atoms with E-state index in [0.717, 1.165) is 24.3 Å². The fourth-order valence-electron chi connectivity index (χ4n) is 2.31. The zero-order valence-corrected chi connectivity index (χ0v) is 13.0. The Labute approximate surface area is 134 Å². The minimum absolute atomic E-state index is 0.318. The van der Waals surface area contributed by atoms with Crippen molar-refractivity contribution in [1.82, 2.24) is 9.97 Å². The van der Waals surface area contributed by atoms with E-state index in [1.54, 1.807) is 12.4 Å². The van der Waals surface area contributed by atoms with Gasteiger partial charge in [-0.3, -0.25) is 0 Å². The van der Waals surface area contributed by atoms with Gasteiger partial charge in [0.05, 0.1) is 31.3 Å². The highest BCUT2D eigenvalue weighted by molar-refractivity contribution is 6.00. The van der Waals surface area contributed by atoms with Crippen LogP contribution in [0.25, 0.3) is 0 Å². The molecule has 120 valence electrons. The van der Waals surface area contributed by atoms with Gasteiger partial charge in [0.15, 0.2) is 0 Å². The van der Waals surface area contributed by atoms with Crippen molar-refractivity contribution in [2.75, 3.05) is 41.8 Å². The van der Waals surface area contributed by atoms with Crippen LogP contribution in [-0.2, 0) is 4.74 Å². The summed E-state index contributed by atoms with van der Waals surface area (Å²) in [5, 5.41) is 5.53. The smallest absolute Gasteiger partial charge is 0.323 e. The number of amides is 2. The normalized spacial score (nSPS) is 14.4. The Morgan fingerprint density at radius 1 is 1.13 bits per heavy atom. The lowest BCUT2D eigenvalue weighted by molar-refractivity contribution is 0.122. The molecule has 0 atom stereocenters. The second-order valence-electron chi connectivity index (χ2n) is 5.27. The summed E-state index contributed by atoms with van der Waals surface area (Å²) in [6.07, 6.45) is 3.21. The first-order chi connectivity index (χ1) is 11.2. The van der Waals surface area contributed by atoms with Gasteiger partial charge >= 0.3 is 6.03 Å². The van der Waals surface area contributed by atoms with Crippen LogP contribution >= 0.6 is 0 Å². The number of carbonyl (C=O) groups excluding carboxylic acids is 1. The lowest BCUT2D eigenvalue weighted by atomic mass is 10.2. The van der Waals surface area contributed by atoms with Gasteiger partial charge in [-0.15, -0.1) is 0 Å². The van der Waals surface area contributed by atoms with Crippen molar-refractivity contribution >= 4 is 23.4 Å². The molecule has 2 N–H and O–H groups in total. The largest absolute Gasteiger partial charge is 0.378 e. The number of nitrogens with one attached hydrogen (secondary N) is 2. The number of ether oxygens (including phenoxy) is 1. The van der Waals surface area contributed by atoms with Gasteiger partial charge in [0.25, 0.3) is 0 Å². The Balaban J connectivity index is 1.59. The lowest BCUT2D eigenvalue weighted by Crippen LogP contribution is -2.37. The van der Waals surface area contributed by atoms with Crippen LogP contribution in [0.15, 0.2) is 36.7 Å². The Morgan fingerprint density at radius 2 is 1.83 bits per heavy atom. The molecule has 1 saturated heterocycles. The fourth-order valence-corrected chi connectivity index (χ4v) is 2.31. The third-order valence-corrected chi connectivity index (χ3v) is 3.58. The number of urea groups is 1. The lowest BCUT2D eigenvalue weighted by Gasteiger charge is -2.26. The molecule has 7 heteroatoms. The van der Waals surface area contributed by atoms with Crippen molar-refractivity contribution in [2.24, 2.45) is 0 Å². The van der Waals surface area contributed by atoms with Gasteiger partial charge in [-0.2, -0.15) is 0 Å². The standard InChI is InChI=1S/C16H19N5O2/c1-12-4-2-3-5-14(12)20-16(22)19-13-10-17-15(18-11-13)21-6-8-23-9-7-21/h2-5,10-11H,6-9H2,1H3,(H2,19,20,22). The second-order valence-corrected chi connectivity index (χ2v) is 5.27. The monoisotopic (exact) mass is 313 g/mol. The second kappa shape index (κ2) is 7.06. The van der Waals surface area contributed by atoms with Gasteiger partial charge in [-0.1, -0.05) is 18.2 Å². The van der Waals surface area contributed by atoms with Gasteiger partial charge in [0.1, 0.15) is 0 Å². The number of nitrogens with zero attached hydrogens (tertiary/aromatic N) is 3. The molecule has 1 aliphatic rings. The van der Waals surface area contributed by atoms with Crippen LogP contribution in [-0.4, -0.2) is 42.3 Å². The molecular formula is C16H19N5O2. The quantitative estimate of drug-likeness (QED) is 0.908. The SMILES string of the molecule is Cc1ccccc1NC(=O)Nc1cnc(N2CCOCC2)nc1. The molecule has 0 radical (unpaired) electrons. The summed E-state index contributed by atoms with van der Waals surface area (Å²) in [6.45, 7) is 4.86. The van der Waals surface area contributed by atoms with Crippen molar-refractivity contribution in [3.05, 3.63) is 42.2 Å². The predicted octanol–water partition coefficient (Wildman–Crippen LogP) is 2.27. The van der Waals surface area contributed by atoms with Gasteiger partial charge in [0, 0.05) is 18.8 Å². The first-order valence-electron chi connectivity index (χ1n) is 7.51.